The highest BCUT2D eigenvalue weighted by molar-refractivity contribution is 5.94. The first kappa shape index (κ1) is 21.0. The van der Waals surface area contributed by atoms with E-state index in [1.807, 2.05) is 30.3 Å². The summed E-state index contributed by atoms with van der Waals surface area (Å²) in [5.41, 5.74) is 2.74. The predicted octanol–water partition coefficient (Wildman–Crippen LogP) is 4.22. The van der Waals surface area contributed by atoms with Gasteiger partial charge in [-0.25, -0.2) is 8.78 Å². The van der Waals surface area contributed by atoms with Gasteiger partial charge in [0, 0.05) is 45.0 Å². The summed E-state index contributed by atoms with van der Waals surface area (Å²) in [7, 11) is 0. The Bertz CT molecular complexity index is 1010. The summed E-state index contributed by atoms with van der Waals surface area (Å²) in [5, 5.41) is 2.66. The van der Waals surface area contributed by atoms with Gasteiger partial charge in [0.15, 0.2) is 0 Å². The van der Waals surface area contributed by atoms with Crippen LogP contribution in [0.4, 0.5) is 14.5 Å². The largest absolute Gasteiger partial charge is 0.369 e. The van der Waals surface area contributed by atoms with Crippen molar-refractivity contribution in [1.29, 1.82) is 0 Å². The molecule has 1 aliphatic heterocycles. The minimum Gasteiger partial charge on any atom is -0.369 e. The first-order valence-corrected chi connectivity index (χ1v) is 10.4. The minimum atomic E-state index is -0.859. The Hall–Kier alpha value is -3.25. The lowest BCUT2D eigenvalue weighted by atomic mass is 10.1. The lowest BCUT2D eigenvalue weighted by Gasteiger charge is -2.36. The first-order valence-electron chi connectivity index (χ1n) is 10.4. The number of amides is 1. The van der Waals surface area contributed by atoms with Crippen molar-refractivity contribution in [3.05, 3.63) is 101 Å². The quantitative estimate of drug-likeness (QED) is 0.648. The van der Waals surface area contributed by atoms with Crippen LogP contribution in [-0.4, -0.2) is 37.0 Å². The number of piperazine rings is 1. The van der Waals surface area contributed by atoms with E-state index in [0.29, 0.717) is 0 Å². The predicted molar refractivity (Wildman–Crippen MR) is 118 cm³/mol. The van der Waals surface area contributed by atoms with Gasteiger partial charge in [0.05, 0.1) is 0 Å². The van der Waals surface area contributed by atoms with E-state index < -0.39 is 23.1 Å². The molecule has 0 bridgehead atoms. The van der Waals surface area contributed by atoms with E-state index in [0.717, 1.165) is 56.0 Å². The first-order chi connectivity index (χ1) is 15.1. The molecule has 1 N–H and O–H groups in total. The molecular weight excluding hydrogens is 396 g/mol. The molecule has 0 radical (unpaired) electrons. The number of carbonyl (C=O) groups excluding carboxylic acids is 1. The van der Waals surface area contributed by atoms with Crippen molar-refractivity contribution in [3.8, 4) is 0 Å². The summed E-state index contributed by atoms with van der Waals surface area (Å²) in [6.07, 6.45) is 0. The Kier molecular flexibility index (Phi) is 6.57. The van der Waals surface area contributed by atoms with Gasteiger partial charge in [0.2, 0.25) is 0 Å². The molecule has 6 heteroatoms. The van der Waals surface area contributed by atoms with E-state index in [2.05, 4.69) is 39.4 Å². The van der Waals surface area contributed by atoms with Gasteiger partial charge in [0.1, 0.15) is 17.2 Å². The van der Waals surface area contributed by atoms with Gasteiger partial charge >= 0.3 is 0 Å². The Morgan fingerprint density at radius 2 is 1.39 bits per heavy atom. The molecular formula is C25H25F2N3O. The average molecular weight is 421 g/mol. The maximum atomic E-state index is 13.9. The zero-order chi connectivity index (χ0) is 21.6. The third-order valence-electron chi connectivity index (χ3n) is 5.64. The van der Waals surface area contributed by atoms with E-state index in [4.69, 9.17) is 0 Å². The van der Waals surface area contributed by atoms with E-state index in [-0.39, 0.29) is 6.54 Å². The number of nitrogens with one attached hydrogen (secondary N) is 1. The van der Waals surface area contributed by atoms with Crippen LogP contribution in [0.2, 0.25) is 0 Å². The highest BCUT2D eigenvalue weighted by Crippen LogP contribution is 2.18. The molecule has 3 aromatic rings. The molecule has 0 spiro atoms. The normalized spacial score (nSPS) is 14.5. The molecule has 3 aromatic carbocycles. The topological polar surface area (TPSA) is 35.6 Å². The molecule has 1 aliphatic rings. The van der Waals surface area contributed by atoms with Crippen LogP contribution in [0.3, 0.4) is 0 Å². The molecule has 1 fully saturated rings. The summed E-state index contributed by atoms with van der Waals surface area (Å²) in [4.78, 5) is 17.1. The van der Waals surface area contributed by atoms with Crippen LogP contribution < -0.4 is 10.2 Å². The molecule has 1 amide bonds. The van der Waals surface area contributed by atoms with Crippen molar-refractivity contribution in [2.24, 2.45) is 0 Å². The van der Waals surface area contributed by atoms with Crippen LogP contribution in [0.1, 0.15) is 21.5 Å². The van der Waals surface area contributed by atoms with Crippen molar-refractivity contribution in [1.82, 2.24) is 10.2 Å². The molecule has 31 heavy (non-hydrogen) atoms. The number of para-hydroxylation sites is 1. The summed E-state index contributed by atoms with van der Waals surface area (Å²) in [6.45, 7) is 4.77. The third kappa shape index (κ3) is 5.09. The number of halogens is 2. The van der Waals surface area contributed by atoms with Crippen molar-refractivity contribution >= 4 is 11.6 Å². The van der Waals surface area contributed by atoms with E-state index in [9.17, 15) is 13.6 Å². The molecule has 0 aliphatic carbocycles. The van der Waals surface area contributed by atoms with Gasteiger partial charge in [-0.3, -0.25) is 9.69 Å². The molecule has 160 valence electrons. The Labute approximate surface area is 181 Å². The third-order valence-corrected chi connectivity index (χ3v) is 5.64. The highest BCUT2D eigenvalue weighted by Gasteiger charge is 2.19. The van der Waals surface area contributed by atoms with Crippen LogP contribution in [0.25, 0.3) is 0 Å². The summed E-state index contributed by atoms with van der Waals surface area (Å²) >= 11 is 0. The van der Waals surface area contributed by atoms with E-state index in [1.54, 1.807) is 0 Å². The van der Waals surface area contributed by atoms with Crippen molar-refractivity contribution in [2.75, 3.05) is 31.1 Å². The number of benzene rings is 3. The zero-order valence-corrected chi connectivity index (χ0v) is 17.2. The van der Waals surface area contributed by atoms with Crippen molar-refractivity contribution < 1.29 is 13.6 Å². The molecule has 1 saturated heterocycles. The van der Waals surface area contributed by atoms with Gasteiger partial charge in [-0.05, 0) is 35.4 Å². The number of hydrogen-bond donors (Lipinski definition) is 1. The number of anilines is 1. The maximum Gasteiger partial charge on any atom is 0.257 e. The number of rotatable bonds is 6. The fraction of sp³-hybridized carbons (Fsp3) is 0.240. The van der Waals surface area contributed by atoms with Crippen molar-refractivity contribution in [2.45, 2.75) is 13.1 Å². The lowest BCUT2D eigenvalue weighted by molar-refractivity contribution is 0.0942. The summed E-state index contributed by atoms with van der Waals surface area (Å²) in [6, 6.07) is 21.7. The molecule has 4 rings (SSSR count). The van der Waals surface area contributed by atoms with Gasteiger partial charge in [-0.1, -0.05) is 48.5 Å². The molecule has 0 atom stereocenters. The molecule has 1 heterocycles. The van der Waals surface area contributed by atoms with Gasteiger partial charge < -0.3 is 10.2 Å². The van der Waals surface area contributed by atoms with Crippen LogP contribution in [0.15, 0.2) is 72.8 Å². The second-order valence-corrected chi connectivity index (χ2v) is 7.65. The fourth-order valence-corrected chi connectivity index (χ4v) is 3.91. The second kappa shape index (κ2) is 9.71. The van der Waals surface area contributed by atoms with Gasteiger partial charge in [-0.15, -0.1) is 0 Å². The maximum absolute atomic E-state index is 13.9. The lowest BCUT2D eigenvalue weighted by Crippen LogP contribution is -2.46. The van der Waals surface area contributed by atoms with Gasteiger partial charge in [-0.2, -0.15) is 0 Å². The Morgan fingerprint density at radius 3 is 2.06 bits per heavy atom. The zero-order valence-electron chi connectivity index (χ0n) is 17.2. The Morgan fingerprint density at radius 1 is 0.774 bits per heavy atom. The average Bonchev–Trinajstić information content (AvgIpc) is 2.79. The molecule has 0 aromatic heterocycles. The highest BCUT2D eigenvalue weighted by atomic mass is 19.1. The Balaban J connectivity index is 1.36. The smallest absolute Gasteiger partial charge is 0.257 e. The van der Waals surface area contributed by atoms with Gasteiger partial charge in [0.25, 0.3) is 5.91 Å². The summed E-state index contributed by atoms with van der Waals surface area (Å²) in [5.74, 6) is -2.47. The number of carbonyl (C=O) groups is 1. The fourth-order valence-electron chi connectivity index (χ4n) is 3.91. The van der Waals surface area contributed by atoms with Crippen LogP contribution in [0.5, 0.6) is 0 Å². The number of hydrogen-bond acceptors (Lipinski definition) is 3. The SMILES string of the molecule is O=C(NCc1ccccc1CN1CCN(c2ccccc2)CC1)c1c(F)cccc1F. The molecule has 4 nitrogen and oxygen atoms in total. The van der Waals surface area contributed by atoms with Crippen molar-refractivity contribution in [3.63, 3.8) is 0 Å². The molecule has 0 saturated carbocycles. The second-order valence-electron chi connectivity index (χ2n) is 7.65. The summed E-state index contributed by atoms with van der Waals surface area (Å²) < 4.78 is 27.7. The van der Waals surface area contributed by atoms with E-state index in [1.165, 1.54) is 11.8 Å². The molecule has 0 unspecified atom stereocenters. The minimum absolute atomic E-state index is 0.215. The van der Waals surface area contributed by atoms with Crippen LogP contribution >= 0.6 is 0 Å². The van der Waals surface area contributed by atoms with Crippen LogP contribution in [-0.2, 0) is 13.1 Å². The van der Waals surface area contributed by atoms with Crippen LogP contribution in [0, 0.1) is 11.6 Å². The standard InChI is InChI=1S/C25H25F2N3O/c26-22-11-6-12-23(27)24(22)25(31)28-17-19-7-4-5-8-20(19)18-29-13-15-30(16-14-29)21-9-2-1-3-10-21/h1-12H,13-18H2,(H,28,31). The number of nitrogens with zero attached hydrogens (tertiary/aromatic N) is 2. The van der Waals surface area contributed by atoms with E-state index >= 15 is 0 Å². The monoisotopic (exact) mass is 421 g/mol.